The van der Waals surface area contributed by atoms with Crippen LogP contribution in [0, 0.1) is 11.7 Å². The fourth-order valence-electron chi connectivity index (χ4n) is 1.00. The quantitative estimate of drug-likeness (QED) is 0.756. The molecule has 0 heterocycles. The van der Waals surface area contributed by atoms with Crippen LogP contribution in [0.2, 0.25) is 0 Å². The maximum Gasteiger partial charge on any atom is 0.128 e. The highest BCUT2D eigenvalue weighted by molar-refractivity contribution is 5.44. The van der Waals surface area contributed by atoms with E-state index in [0.29, 0.717) is 17.4 Å². The smallest absolute Gasteiger partial charge is 0.128 e. The zero-order valence-electron chi connectivity index (χ0n) is 8.75. The summed E-state index contributed by atoms with van der Waals surface area (Å²) < 4.78 is 18.4. The molecule has 1 unspecified atom stereocenters. The Balaban J connectivity index is 2.76. The largest absolute Gasteiger partial charge is 0.490 e. The van der Waals surface area contributed by atoms with Crippen LogP contribution in [0.3, 0.4) is 0 Å². The minimum Gasteiger partial charge on any atom is -0.490 e. The molecular formula is C11H16FNO. The number of halogens is 1. The van der Waals surface area contributed by atoms with E-state index >= 15 is 0 Å². The van der Waals surface area contributed by atoms with Gasteiger partial charge in [0.15, 0.2) is 0 Å². The number of ether oxygens (including phenoxy) is 1. The molecule has 3 heteroatoms. The van der Waals surface area contributed by atoms with Gasteiger partial charge in [0.25, 0.3) is 0 Å². The fraction of sp³-hybridized carbons (Fsp3) is 0.455. The molecule has 0 spiro atoms. The average Bonchev–Trinajstić information content (AvgIpc) is 2.01. The van der Waals surface area contributed by atoms with Crippen LogP contribution in [0.25, 0.3) is 0 Å². The van der Waals surface area contributed by atoms with Crippen LogP contribution in [-0.4, -0.2) is 6.10 Å². The Morgan fingerprint density at radius 3 is 2.36 bits per heavy atom. The highest BCUT2D eigenvalue weighted by atomic mass is 19.1. The Labute approximate surface area is 83.9 Å². The summed E-state index contributed by atoms with van der Waals surface area (Å²) >= 11 is 0. The molecule has 0 fully saturated rings. The van der Waals surface area contributed by atoms with Gasteiger partial charge in [-0.05, 0) is 18.9 Å². The van der Waals surface area contributed by atoms with Gasteiger partial charge in [0, 0.05) is 17.8 Å². The molecule has 2 N–H and O–H groups in total. The lowest BCUT2D eigenvalue weighted by atomic mass is 10.1. The SMILES string of the molecule is CC(C)C(C)Oc1cc(N)cc(F)c1. The van der Waals surface area contributed by atoms with Crippen molar-refractivity contribution in [3.8, 4) is 5.75 Å². The Bertz CT molecular complexity index is 292. The van der Waals surface area contributed by atoms with Gasteiger partial charge in [0.05, 0.1) is 6.10 Å². The van der Waals surface area contributed by atoms with Gasteiger partial charge in [-0.2, -0.15) is 0 Å². The van der Waals surface area contributed by atoms with E-state index in [0.717, 1.165) is 0 Å². The molecule has 0 aromatic heterocycles. The molecule has 2 nitrogen and oxygen atoms in total. The number of rotatable bonds is 3. The van der Waals surface area contributed by atoms with E-state index in [1.165, 1.54) is 12.1 Å². The van der Waals surface area contributed by atoms with Crippen LogP contribution in [0.4, 0.5) is 10.1 Å². The van der Waals surface area contributed by atoms with Crippen LogP contribution >= 0.6 is 0 Å². The molecule has 1 aromatic carbocycles. The Hall–Kier alpha value is -1.25. The third-order valence-electron chi connectivity index (χ3n) is 2.15. The molecule has 0 saturated heterocycles. The summed E-state index contributed by atoms with van der Waals surface area (Å²) in [6, 6.07) is 4.24. The summed E-state index contributed by atoms with van der Waals surface area (Å²) in [6.45, 7) is 6.05. The van der Waals surface area contributed by atoms with Crippen molar-refractivity contribution in [2.24, 2.45) is 5.92 Å². The molecule has 0 bridgehead atoms. The number of benzene rings is 1. The first-order chi connectivity index (χ1) is 6.49. The van der Waals surface area contributed by atoms with Gasteiger partial charge in [-0.15, -0.1) is 0 Å². The second kappa shape index (κ2) is 4.31. The summed E-state index contributed by atoms with van der Waals surface area (Å²) in [5, 5.41) is 0. The Morgan fingerprint density at radius 1 is 1.21 bits per heavy atom. The second-order valence-electron chi connectivity index (χ2n) is 3.79. The van der Waals surface area contributed by atoms with Gasteiger partial charge in [-0.25, -0.2) is 4.39 Å². The highest BCUT2D eigenvalue weighted by Crippen LogP contribution is 2.20. The summed E-state index contributed by atoms with van der Waals surface area (Å²) in [6.07, 6.45) is 0.0520. The zero-order valence-corrected chi connectivity index (χ0v) is 8.75. The minimum absolute atomic E-state index is 0.0520. The van der Waals surface area contributed by atoms with Crippen molar-refractivity contribution in [3.05, 3.63) is 24.0 Å². The van der Waals surface area contributed by atoms with Crippen LogP contribution in [-0.2, 0) is 0 Å². The maximum atomic E-state index is 12.9. The molecule has 0 aliphatic rings. The molecule has 0 saturated carbocycles. The number of nitrogens with two attached hydrogens (primary N) is 1. The minimum atomic E-state index is -0.365. The first-order valence-corrected chi connectivity index (χ1v) is 4.71. The Morgan fingerprint density at radius 2 is 1.86 bits per heavy atom. The van der Waals surface area contributed by atoms with Crippen molar-refractivity contribution in [1.82, 2.24) is 0 Å². The summed E-state index contributed by atoms with van der Waals surface area (Å²) in [4.78, 5) is 0. The summed E-state index contributed by atoms with van der Waals surface area (Å²) in [7, 11) is 0. The van der Waals surface area contributed by atoms with E-state index < -0.39 is 0 Å². The third kappa shape index (κ3) is 2.91. The fourth-order valence-corrected chi connectivity index (χ4v) is 1.00. The van der Waals surface area contributed by atoms with Crippen molar-refractivity contribution in [1.29, 1.82) is 0 Å². The molecule has 1 atom stereocenters. The van der Waals surface area contributed by atoms with Gasteiger partial charge < -0.3 is 10.5 Å². The van der Waals surface area contributed by atoms with Gasteiger partial charge in [0.2, 0.25) is 0 Å². The molecule has 0 amide bonds. The first-order valence-electron chi connectivity index (χ1n) is 4.71. The van der Waals surface area contributed by atoms with Crippen molar-refractivity contribution >= 4 is 5.69 Å². The average molecular weight is 197 g/mol. The molecular weight excluding hydrogens is 181 g/mol. The molecule has 1 aromatic rings. The molecule has 1 rings (SSSR count). The number of nitrogen functional groups attached to an aromatic ring is 1. The normalized spacial score (nSPS) is 12.9. The summed E-state index contributed by atoms with van der Waals surface area (Å²) in [5.41, 5.74) is 5.88. The van der Waals surface area contributed by atoms with Crippen molar-refractivity contribution in [2.75, 3.05) is 5.73 Å². The van der Waals surface area contributed by atoms with E-state index in [2.05, 4.69) is 0 Å². The third-order valence-corrected chi connectivity index (χ3v) is 2.15. The number of hydrogen-bond donors (Lipinski definition) is 1. The lowest BCUT2D eigenvalue weighted by Gasteiger charge is -2.18. The number of anilines is 1. The monoisotopic (exact) mass is 197 g/mol. The van der Waals surface area contributed by atoms with E-state index in [-0.39, 0.29) is 11.9 Å². The van der Waals surface area contributed by atoms with Crippen molar-refractivity contribution < 1.29 is 9.13 Å². The zero-order chi connectivity index (χ0) is 10.7. The molecule has 0 aliphatic heterocycles. The van der Waals surface area contributed by atoms with Crippen LogP contribution < -0.4 is 10.5 Å². The van der Waals surface area contributed by atoms with E-state index in [4.69, 9.17) is 10.5 Å². The van der Waals surface area contributed by atoms with Gasteiger partial charge in [0.1, 0.15) is 11.6 Å². The Kier molecular flexibility index (Phi) is 3.33. The standard InChI is InChI=1S/C11H16FNO/c1-7(2)8(3)14-11-5-9(12)4-10(13)6-11/h4-8H,13H2,1-3H3. The molecule has 14 heavy (non-hydrogen) atoms. The predicted molar refractivity (Wildman–Crippen MR) is 55.7 cm³/mol. The van der Waals surface area contributed by atoms with Crippen molar-refractivity contribution in [2.45, 2.75) is 26.9 Å². The van der Waals surface area contributed by atoms with Gasteiger partial charge in [-0.1, -0.05) is 13.8 Å². The lowest BCUT2D eigenvalue weighted by Crippen LogP contribution is -2.18. The van der Waals surface area contributed by atoms with Gasteiger partial charge in [-0.3, -0.25) is 0 Å². The van der Waals surface area contributed by atoms with E-state index in [1.54, 1.807) is 6.07 Å². The van der Waals surface area contributed by atoms with E-state index in [1.807, 2.05) is 20.8 Å². The van der Waals surface area contributed by atoms with E-state index in [9.17, 15) is 4.39 Å². The maximum absolute atomic E-state index is 12.9. The van der Waals surface area contributed by atoms with Gasteiger partial charge >= 0.3 is 0 Å². The van der Waals surface area contributed by atoms with Crippen LogP contribution in [0.5, 0.6) is 5.75 Å². The van der Waals surface area contributed by atoms with Crippen LogP contribution in [0.1, 0.15) is 20.8 Å². The molecule has 0 radical (unpaired) electrons. The second-order valence-corrected chi connectivity index (χ2v) is 3.79. The number of hydrogen-bond acceptors (Lipinski definition) is 2. The lowest BCUT2D eigenvalue weighted by molar-refractivity contribution is 0.170. The summed E-state index contributed by atoms with van der Waals surface area (Å²) in [5.74, 6) is 0.513. The molecule has 78 valence electrons. The molecule has 0 aliphatic carbocycles. The first kappa shape index (κ1) is 10.8. The topological polar surface area (TPSA) is 35.2 Å². The van der Waals surface area contributed by atoms with Crippen LogP contribution in [0.15, 0.2) is 18.2 Å². The predicted octanol–water partition coefficient (Wildman–Crippen LogP) is 2.83. The highest BCUT2D eigenvalue weighted by Gasteiger charge is 2.09. The van der Waals surface area contributed by atoms with Crippen molar-refractivity contribution in [3.63, 3.8) is 0 Å².